The third kappa shape index (κ3) is 2.47. The number of rotatable bonds is 3. The van der Waals surface area contributed by atoms with E-state index in [-0.39, 0.29) is 6.01 Å². The van der Waals surface area contributed by atoms with E-state index < -0.39 is 18.4 Å². The molecular formula is C17H15F2N7O. The van der Waals surface area contributed by atoms with E-state index in [0.717, 1.165) is 28.3 Å². The van der Waals surface area contributed by atoms with Crippen molar-refractivity contribution in [3.05, 3.63) is 59.3 Å². The lowest BCUT2D eigenvalue weighted by Crippen LogP contribution is -2.37. The second-order valence-corrected chi connectivity index (χ2v) is 6.41. The van der Waals surface area contributed by atoms with Gasteiger partial charge in [-0.15, -0.1) is 5.10 Å². The van der Waals surface area contributed by atoms with Crippen LogP contribution in [0.25, 0.3) is 5.52 Å². The number of anilines is 1. The Morgan fingerprint density at radius 1 is 1.30 bits per heavy atom. The number of nitrogens with one attached hydrogen (secondary N) is 1. The monoisotopic (exact) mass is 371 g/mol. The Labute approximate surface area is 151 Å². The van der Waals surface area contributed by atoms with E-state index in [1.165, 1.54) is 0 Å². The molecule has 4 aromatic heterocycles. The molecule has 1 N–H and O–H groups in total. The Hall–Kier alpha value is -3.30. The van der Waals surface area contributed by atoms with Gasteiger partial charge in [0.25, 0.3) is 5.89 Å². The molecule has 1 aliphatic rings. The molecular weight excluding hydrogens is 356 g/mol. The van der Waals surface area contributed by atoms with Gasteiger partial charge in [-0.05, 0) is 25.1 Å². The van der Waals surface area contributed by atoms with Gasteiger partial charge in [-0.3, -0.25) is 0 Å². The SMILES string of the molecule is Cc1cccc2cc([C@H]3c4nc[nH]c4CCN3c3nnc(C(F)F)o3)nn12. The Morgan fingerprint density at radius 3 is 2.96 bits per heavy atom. The number of halogens is 2. The topological polar surface area (TPSA) is 88.1 Å². The summed E-state index contributed by atoms with van der Waals surface area (Å²) in [5.74, 6) is -0.692. The van der Waals surface area contributed by atoms with E-state index in [2.05, 4.69) is 20.2 Å². The molecule has 5 rings (SSSR count). The first-order valence-electron chi connectivity index (χ1n) is 8.47. The van der Waals surface area contributed by atoms with Gasteiger partial charge in [0.2, 0.25) is 0 Å². The highest BCUT2D eigenvalue weighted by Gasteiger charge is 2.36. The molecule has 0 amide bonds. The molecule has 4 aromatic rings. The molecule has 0 bridgehead atoms. The molecule has 1 atom stereocenters. The zero-order valence-corrected chi connectivity index (χ0v) is 14.3. The Morgan fingerprint density at radius 2 is 2.19 bits per heavy atom. The minimum Gasteiger partial charge on any atom is -0.402 e. The normalized spacial score (nSPS) is 17.0. The van der Waals surface area contributed by atoms with Gasteiger partial charge < -0.3 is 14.3 Å². The fraction of sp³-hybridized carbons (Fsp3) is 0.294. The zero-order valence-electron chi connectivity index (χ0n) is 14.3. The third-order valence-electron chi connectivity index (χ3n) is 4.76. The van der Waals surface area contributed by atoms with Crippen molar-refractivity contribution >= 4 is 11.5 Å². The van der Waals surface area contributed by atoms with Gasteiger partial charge in [-0.1, -0.05) is 11.2 Å². The number of alkyl halides is 2. The first-order valence-corrected chi connectivity index (χ1v) is 8.47. The van der Waals surface area contributed by atoms with Crippen LogP contribution in [0.3, 0.4) is 0 Å². The fourth-order valence-electron chi connectivity index (χ4n) is 3.52. The molecule has 8 nitrogen and oxygen atoms in total. The summed E-state index contributed by atoms with van der Waals surface area (Å²) in [5, 5.41) is 12.0. The van der Waals surface area contributed by atoms with Crippen LogP contribution in [-0.4, -0.2) is 36.3 Å². The van der Waals surface area contributed by atoms with E-state index in [0.29, 0.717) is 13.0 Å². The average molecular weight is 371 g/mol. The van der Waals surface area contributed by atoms with Gasteiger partial charge in [-0.2, -0.15) is 13.9 Å². The molecule has 0 aromatic carbocycles. The Kier molecular flexibility index (Phi) is 3.46. The second-order valence-electron chi connectivity index (χ2n) is 6.41. The van der Waals surface area contributed by atoms with Crippen LogP contribution in [0, 0.1) is 6.92 Å². The highest BCUT2D eigenvalue weighted by molar-refractivity contribution is 5.52. The smallest absolute Gasteiger partial charge is 0.319 e. The zero-order chi connectivity index (χ0) is 18.5. The molecule has 0 saturated carbocycles. The molecule has 0 aliphatic carbocycles. The summed E-state index contributed by atoms with van der Waals surface area (Å²) in [6, 6.07) is 7.47. The van der Waals surface area contributed by atoms with E-state index >= 15 is 0 Å². The molecule has 27 heavy (non-hydrogen) atoms. The van der Waals surface area contributed by atoms with Crippen LogP contribution in [0.1, 0.15) is 41.1 Å². The van der Waals surface area contributed by atoms with Crippen molar-refractivity contribution in [2.75, 3.05) is 11.4 Å². The molecule has 1 aliphatic heterocycles. The molecule has 0 saturated heterocycles. The van der Waals surface area contributed by atoms with Crippen LogP contribution in [-0.2, 0) is 6.42 Å². The standard InChI is InChI=1S/C17H15F2N7O/c1-9-3-2-4-10-7-12(24-26(9)10)14-13-11(20-8-21-13)5-6-25(14)17-23-22-16(27-17)15(18)19/h2-4,7-8,14-15H,5-6H2,1H3,(H,20,21)/t14-/m0/s1. The molecule has 0 unspecified atom stereocenters. The van der Waals surface area contributed by atoms with Crippen LogP contribution in [0.2, 0.25) is 0 Å². The molecule has 10 heteroatoms. The number of hydrogen-bond donors (Lipinski definition) is 1. The maximum absolute atomic E-state index is 12.9. The summed E-state index contributed by atoms with van der Waals surface area (Å²) in [6.07, 6.45) is -0.529. The molecule has 138 valence electrons. The predicted octanol–water partition coefficient (Wildman–Crippen LogP) is 2.84. The molecule has 5 heterocycles. The van der Waals surface area contributed by atoms with Gasteiger partial charge in [-0.25, -0.2) is 9.50 Å². The number of aromatic amines is 1. The number of H-pyrrole nitrogens is 1. The van der Waals surface area contributed by atoms with E-state index in [1.54, 1.807) is 11.2 Å². The summed E-state index contributed by atoms with van der Waals surface area (Å²) in [4.78, 5) is 9.36. The van der Waals surface area contributed by atoms with Gasteiger partial charge in [0.05, 0.1) is 23.2 Å². The minimum absolute atomic E-state index is 0.0396. The Bertz CT molecular complexity index is 1120. The van der Waals surface area contributed by atoms with Gasteiger partial charge >= 0.3 is 12.4 Å². The number of aromatic nitrogens is 6. The van der Waals surface area contributed by atoms with Crippen molar-refractivity contribution in [1.29, 1.82) is 0 Å². The van der Waals surface area contributed by atoms with Gasteiger partial charge in [0, 0.05) is 24.4 Å². The van der Waals surface area contributed by atoms with Crippen LogP contribution in [0.4, 0.5) is 14.8 Å². The lowest BCUT2D eigenvalue weighted by molar-refractivity contribution is 0.115. The van der Waals surface area contributed by atoms with E-state index in [4.69, 9.17) is 9.52 Å². The first kappa shape index (κ1) is 15.9. The fourth-order valence-corrected chi connectivity index (χ4v) is 3.52. The molecule has 0 spiro atoms. The van der Waals surface area contributed by atoms with Crippen molar-refractivity contribution < 1.29 is 13.2 Å². The lowest BCUT2D eigenvalue weighted by Gasteiger charge is -2.32. The molecule has 0 radical (unpaired) electrons. The number of imidazole rings is 1. The lowest BCUT2D eigenvalue weighted by atomic mass is 10.0. The predicted molar refractivity (Wildman–Crippen MR) is 90.7 cm³/mol. The summed E-state index contributed by atoms with van der Waals surface area (Å²) < 4.78 is 32.8. The van der Waals surface area contributed by atoms with Crippen molar-refractivity contribution in [2.24, 2.45) is 0 Å². The quantitative estimate of drug-likeness (QED) is 0.596. The maximum Gasteiger partial charge on any atom is 0.319 e. The Balaban J connectivity index is 1.65. The highest BCUT2D eigenvalue weighted by atomic mass is 19.3. The van der Waals surface area contributed by atoms with Crippen LogP contribution < -0.4 is 4.90 Å². The summed E-state index contributed by atoms with van der Waals surface area (Å²) in [6.45, 7) is 2.48. The van der Waals surface area contributed by atoms with Crippen molar-refractivity contribution in [3.8, 4) is 0 Å². The number of fused-ring (bicyclic) bond motifs is 2. The summed E-state index contributed by atoms with van der Waals surface area (Å²) in [7, 11) is 0. The minimum atomic E-state index is -2.81. The average Bonchev–Trinajstić information content (AvgIpc) is 3.39. The molecule has 0 fully saturated rings. The third-order valence-corrected chi connectivity index (χ3v) is 4.76. The largest absolute Gasteiger partial charge is 0.402 e. The van der Waals surface area contributed by atoms with Crippen LogP contribution in [0.5, 0.6) is 0 Å². The van der Waals surface area contributed by atoms with E-state index in [1.807, 2.05) is 35.7 Å². The number of aryl methyl sites for hydroxylation is 1. The van der Waals surface area contributed by atoms with Crippen molar-refractivity contribution in [2.45, 2.75) is 25.8 Å². The number of nitrogens with zero attached hydrogens (tertiary/aromatic N) is 6. The van der Waals surface area contributed by atoms with Gasteiger partial charge in [0.15, 0.2) is 0 Å². The van der Waals surface area contributed by atoms with Crippen molar-refractivity contribution in [1.82, 2.24) is 29.8 Å². The van der Waals surface area contributed by atoms with Crippen LogP contribution in [0.15, 0.2) is 35.0 Å². The highest BCUT2D eigenvalue weighted by Crippen LogP contribution is 2.36. The summed E-state index contributed by atoms with van der Waals surface area (Å²) >= 11 is 0. The van der Waals surface area contributed by atoms with E-state index in [9.17, 15) is 8.78 Å². The number of pyridine rings is 1. The van der Waals surface area contributed by atoms with Crippen LogP contribution >= 0.6 is 0 Å². The summed E-state index contributed by atoms with van der Waals surface area (Å²) in [5.41, 5.74) is 4.42. The second kappa shape index (κ2) is 5.86. The van der Waals surface area contributed by atoms with Crippen molar-refractivity contribution in [3.63, 3.8) is 0 Å². The maximum atomic E-state index is 12.9. The number of hydrogen-bond acceptors (Lipinski definition) is 6. The first-order chi connectivity index (χ1) is 13.1. The van der Waals surface area contributed by atoms with Gasteiger partial charge in [0.1, 0.15) is 6.04 Å².